The molecule has 0 unspecified atom stereocenters. The van der Waals surface area contributed by atoms with E-state index >= 15 is 0 Å². The number of para-hydroxylation sites is 1. The minimum absolute atomic E-state index is 0.0622. The number of carbonyl (C=O) groups is 1. The van der Waals surface area contributed by atoms with Crippen molar-refractivity contribution in [1.29, 1.82) is 0 Å². The monoisotopic (exact) mass is 351 g/mol. The number of nitrogens with one attached hydrogen (secondary N) is 2. The first-order valence-corrected chi connectivity index (χ1v) is 7.70. The van der Waals surface area contributed by atoms with Crippen molar-refractivity contribution >= 4 is 28.9 Å². The van der Waals surface area contributed by atoms with Crippen LogP contribution in [0.15, 0.2) is 67.0 Å². The van der Waals surface area contributed by atoms with Crippen molar-refractivity contribution in [2.45, 2.75) is 0 Å². The summed E-state index contributed by atoms with van der Waals surface area (Å²) in [6.45, 7) is 0. The Morgan fingerprint density at radius 2 is 1.80 bits per heavy atom. The molecule has 3 rings (SSSR count). The summed E-state index contributed by atoms with van der Waals surface area (Å²) in [6, 6.07) is 16.6. The zero-order valence-electron chi connectivity index (χ0n) is 12.9. The zero-order chi connectivity index (χ0) is 17.5. The highest BCUT2D eigenvalue weighted by atomic mass is 32.1. The third-order valence-electron chi connectivity index (χ3n) is 2.98. The standard InChI is InChI=1S/C17H13N5O2S/c23-16(15-18-9-10-19-22-15)21-17(25)20-12-5-4-8-14(11-12)24-13-6-2-1-3-7-13/h1-11H,(H2,20,21,23,25). The summed E-state index contributed by atoms with van der Waals surface area (Å²) >= 11 is 5.13. The first-order valence-electron chi connectivity index (χ1n) is 7.30. The number of carbonyl (C=O) groups excluding carboxylic acids is 1. The molecule has 3 aromatic rings. The number of hydrogen-bond donors (Lipinski definition) is 2. The maximum absolute atomic E-state index is 11.9. The van der Waals surface area contributed by atoms with E-state index in [-0.39, 0.29) is 10.9 Å². The van der Waals surface area contributed by atoms with E-state index in [9.17, 15) is 4.79 Å². The molecule has 2 aromatic carbocycles. The number of amides is 1. The second-order valence-corrected chi connectivity index (χ2v) is 5.23. The van der Waals surface area contributed by atoms with E-state index in [2.05, 4.69) is 25.8 Å². The number of ether oxygens (including phenoxy) is 1. The van der Waals surface area contributed by atoms with E-state index in [0.717, 1.165) is 5.75 Å². The van der Waals surface area contributed by atoms with Gasteiger partial charge in [0.1, 0.15) is 11.5 Å². The van der Waals surface area contributed by atoms with Crippen LogP contribution >= 0.6 is 12.2 Å². The Hall–Kier alpha value is -3.39. The Kier molecular flexibility index (Phi) is 5.22. The van der Waals surface area contributed by atoms with E-state index in [1.54, 1.807) is 12.1 Å². The number of anilines is 1. The third-order valence-corrected chi connectivity index (χ3v) is 3.19. The van der Waals surface area contributed by atoms with Gasteiger partial charge in [-0.25, -0.2) is 4.98 Å². The molecule has 0 radical (unpaired) electrons. The zero-order valence-corrected chi connectivity index (χ0v) is 13.7. The molecule has 2 N–H and O–H groups in total. The lowest BCUT2D eigenvalue weighted by atomic mass is 10.3. The summed E-state index contributed by atoms with van der Waals surface area (Å²) in [5, 5.41) is 12.7. The molecule has 0 saturated carbocycles. The Balaban J connectivity index is 1.62. The molecule has 8 heteroatoms. The van der Waals surface area contributed by atoms with Gasteiger partial charge in [0.2, 0.25) is 5.82 Å². The van der Waals surface area contributed by atoms with Gasteiger partial charge in [0.25, 0.3) is 5.91 Å². The maximum Gasteiger partial charge on any atom is 0.297 e. The van der Waals surface area contributed by atoms with Crippen LogP contribution in [-0.4, -0.2) is 26.2 Å². The highest BCUT2D eigenvalue weighted by Gasteiger charge is 2.11. The van der Waals surface area contributed by atoms with Crippen LogP contribution in [0.3, 0.4) is 0 Å². The number of aromatic nitrogens is 3. The molecule has 0 spiro atoms. The van der Waals surface area contributed by atoms with Crippen LogP contribution in [0, 0.1) is 0 Å². The van der Waals surface area contributed by atoms with Crippen LogP contribution < -0.4 is 15.4 Å². The van der Waals surface area contributed by atoms with Crippen LogP contribution in [0.2, 0.25) is 0 Å². The lowest BCUT2D eigenvalue weighted by molar-refractivity contribution is 0.0966. The minimum Gasteiger partial charge on any atom is -0.457 e. The topological polar surface area (TPSA) is 89.0 Å². The van der Waals surface area contributed by atoms with E-state index in [0.29, 0.717) is 11.4 Å². The van der Waals surface area contributed by atoms with Gasteiger partial charge in [-0.15, -0.1) is 5.10 Å². The molecule has 25 heavy (non-hydrogen) atoms. The van der Waals surface area contributed by atoms with Gasteiger partial charge >= 0.3 is 0 Å². The highest BCUT2D eigenvalue weighted by Crippen LogP contribution is 2.23. The van der Waals surface area contributed by atoms with Gasteiger partial charge in [-0.2, -0.15) is 5.10 Å². The summed E-state index contributed by atoms with van der Waals surface area (Å²) in [7, 11) is 0. The van der Waals surface area contributed by atoms with Crippen LogP contribution in [0.25, 0.3) is 0 Å². The number of nitrogens with zero attached hydrogens (tertiary/aromatic N) is 3. The van der Waals surface area contributed by atoms with Crippen molar-refractivity contribution < 1.29 is 9.53 Å². The van der Waals surface area contributed by atoms with Gasteiger partial charge in [0.15, 0.2) is 5.11 Å². The van der Waals surface area contributed by atoms with E-state index in [4.69, 9.17) is 17.0 Å². The molecule has 124 valence electrons. The lowest BCUT2D eigenvalue weighted by Crippen LogP contribution is -2.35. The number of benzene rings is 2. The third kappa shape index (κ3) is 4.79. The fourth-order valence-corrected chi connectivity index (χ4v) is 2.15. The van der Waals surface area contributed by atoms with Gasteiger partial charge < -0.3 is 10.1 Å². The van der Waals surface area contributed by atoms with Crippen LogP contribution in [0.4, 0.5) is 5.69 Å². The average molecular weight is 351 g/mol. The fourth-order valence-electron chi connectivity index (χ4n) is 1.93. The van der Waals surface area contributed by atoms with Gasteiger partial charge in [0.05, 0.1) is 6.20 Å². The Labute approximate surface area is 149 Å². The quantitative estimate of drug-likeness (QED) is 0.699. The van der Waals surface area contributed by atoms with Gasteiger partial charge in [0, 0.05) is 18.0 Å². The predicted molar refractivity (Wildman–Crippen MR) is 96.5 cm³/mol. The molecular weight excluding hydrogens is 338 g/mol. The molecule has 0 bridgehead atoms. The van der Waals surface area contributed by atoms with Gasteiger partial charge in [-0.05, 0) is 36.5 Å². The molecule has 0 aliphatic carbocycles. The maximum atomic E-state index is 11.9. The molecule has 0 aliphatic rings. The summed E-state index contributed by atoms with van der Waals surface area (Å²) in [5.74, 6) is 0.764. The second kappa shape index (κ2) is 7.93. The number of hydrogen-bond acceptors (Lipinski definition) is 6. The van der Waals surface area contributed by atoms with E-state index < -0.39 is 5.91 Å². The lowest BCUT2D eigenvalue weighted by Gasteiger charge is -2.11. The van der Waals surface area contributed by atoms with E-state index in [1.165, 1.54) is 12.4 Å². The second-order valence-electron chi connectivity index (χ2n) is 4.82. The van der Waals surface area contributed by atoms with E-state index in [1.807, 2.05) is 42.5 Å². The molecule has 0 saturated heterocycles. The molecule has 0 aliphatic heterocycles. The first kappa shape index (κ1) is 16.5. The van der Waals surface area contributed by atoms with Crippen molar-refractivity contribution in [2.24, 2.45) is 0 Å². The average Bonchev–Trinajstić information content (AvgIpc) is 2.63. The summed E-state index contributed by atoms with van der Waals surface area (Å²) in [5.41, 5.74) is 0.672. The number of thiocarbonyl (C=S) groups is 1. The predicted octanol–water partition coefficient (Wildman–Crippen LogP) is 2.79. The largest absolute Gasteiger partial charge is 0.457 e. The molecular formula is C17H13N5O2S. The number of rotatable bonds is 4. The van der Waals surface area contributed by atoms with Crippen molar-refractivity contribution in [1.82, 2.24) is 20.5 Å². The van der Waals surface area contributed by atoms with Crippen LogP contribution in [0.5, 0.6) is 11.5 Å². The Morgan fingerprint density at radius 3 is 2.56 bits per heavy atom. The highest BCUT2D eigenvalue weighted by molar-refractivity contribution is 7.80. The Morgan fingerprint density at radius 1 is 1.00 bits per heavy atom. The van der Waals surface area contributed by atoms with Crippen LogP contribution in [0.1, 0.15) is 10.6 Å². The minimum atomic E-state index is -0.540. The summed E-state index contributed by atoms with van der Waals surface area (Å²) < 4.78 is 5.75. The summed E-state index contributed by atoms with van der Waals surface area (Å²) in [6.07, 6.45) is 2.76. The smallest absolute Gasteiger partial charge is 0.297 e. The fraction of sp³-hybridized carbons (Fsp3) is 0. The first-order chi connectivity index (χ1) is 12.2. The van der Waals surface area contributed by atoms with Crippen molar-refractivity contribution in [3.63, 3.8) is 0 Å². The van der Waals surface area contributed by atoms with Crippen molar-refractivity contribution in [3.8, 4) is 11.5 Å². The molecule has 7 nitrogen and oxygen atoms in total. The van der Waals surface area contributed by atoms with Crippen LogP contribution in [-0.2, 0) is 0 Å². The van der Waals surface area contributed by atoms with Gasteiger partial charge in [-0.3, -0.25) is 10.1 Å². The normalized spacial score (nSPS) is 9.92. The molecule has 0 fully saturated rings. The molecule has 0 atom stereocenters. The summed E-state index contributed by atoms with van der Waals surface area (Å²) in [4.78, 5) is 15.7. The van der Waals surface area contributed by atoms with Crippen molar-refractivity contribution in [2.75, 3.05) is 5.32 Å². The molecule has 1 heterocycles. The van der Waals surface area contributed by atoms with Gasteiger partial charge in [-0.1, -0.05) is 24.3 Å². The SMILES string of the molecule is O=C(NC(=S)Nc1cccc(Oc2ccccc2)c1)c1nccnn1. The Bertz CT molecular complexity index is 874. The molecule has 1 amide bonds. The molecule has 1 aromatic heterocycles. The van der Waals surface area contributed by atoms with Crippen molar-refractivity contribution in [3.05, 3.63) is 72.8 Å².